The van der Waals surface area contributed by atoms with Crippen LogP contribution in [0.2, 0.25) is 0 Å². The summed E-state index contributed by atoms with van der Waals surface area (Å²) in [5.74, 6) is 0.789. The van der Waals surface area contributed by atoms with Crippen LogP contribution in [-0.2, 0) is 6.42 Å². The lowest BCUT2D eigenvalue weighted by Gasteiger charge is -2.26. The molecule has 0 spiro atoms. The van der Waals surface area contributed by atoms with Crippen molar-refractivity contribution in [2.75, 3.05) is 7.11 Å². The molecular formula is C18H21NO2. The highest BCUT2D eigenvalue weighted by Gasteiger charge is 2.27. The lowest BCUT2D eigenvalue weighted by Crippen LogP contribution is -2.28. The predicted octanol–water partition coefficient (Wildman–Crippen LogP) is 4.14. The zero-order valence-electron chi connectivity index (χ0n) is 12.7. The Morgan fingerprint density at radius 2 is 1.67 bits per heavy atom. The van der Waals surface area contributed by atoms with Gasteiger partial charge in [0, 0.05) is 11.0 Å². The van der Waals surface area contributed by atoms with Crippen molar-refractivity contribution in [1.29, 1.82) is 0 Å². The molecule has 2 aromatic carbocycles. The number of ether oxygens (including phenoxy) is 1. The second-order valence-corrected chi connectivity index (χ2v) is 5.72. The summed E-state index contributed by atoms with van der Waals surface area (Å²) in [7, 11) is 1.63. The molecule has 1 N–H and O–H groups in total. The van der Waals surface area contributed by atoms with Gasteiger partial charge in [0.25, 0.3) is 0 Å². The van der Waals surface area contributed by atoms with Crippen LogP contribution in [0.25, 0.3) is 0 Å². The molecule has 0 atom stereocenters. The highest BCUT2D eigenvalue weighted by Crippen LogP contribution is 2.28. The summed E-state index contributed by atoms with van der Waals surface area (Å²) in [6.45, 7) is 4.17. The summed E-state index contributed by atoms with van der Waals surface area (Å²) in [5.41, 5.74) is 2.52. The molecular weight excluding hydrogens is 262 g/mol. The summed E-state index contributed by atoms with van der Waals surface area (Å²) in [4.78, 5) is 0. The van der Waals surface area contributed by atoms with Gasteiger partial charge in [-0.05, 0) is 36.2 Å². The van der Waals surface area contributed by atoms with E-state index in [4.69, 9.17) is 4.74 Å². The van der Waals surface area contributed by atoms with Crippen molar-refractivity contribution >= 4 is 5.71 Å². The Bertz CT molecular complexity index is 601. The first kappa shape index (κ1) is 15.1. The smallest absolute Gasteiger partial charge is 0.118 e. The van der Waals surface area contributed by atoms with Crippen LogP contribution in [0, 0.1) is 5.41 Å². The molecule has 0 amide bonds. The molecule has 2 aromatic rings. The van der Waals surface area contributed by atoms with Crippen molar-refractivity contribution in [2.24, 2.45) is 10.6 Å². The topological polar surface area (TPSA) is 41.8 Å². The fraction of sp³-hybridized carbons (Fsp3) is 0.278. The lowest BCUT2D eigenvalue weighted by atomic mass is 9.78. The highest BCUT2D eigenvalue weighted by atomic mass is 16.5. The summed E-state index contributed by atoms with van der Waals surface area (Å²) in [6, 6.07) is 17.8. The van der Waals surface area contributed by atoms with Crippen molar-refractivity contribution in [3.63, 3.8) is 0 Å². The Balaban J connectivity index is 2.26. The molecule has 0 heterocycles. The molecule has 0 bridgehead atoms. The van der Waals surface area contributed by atoms with Gasteiger partial charge in [0.15, 0.2) is 0 Å². The van der Waals surface area contributed by atoms with Crippen molar-refractivity contribution in [2.45, 2.75) is 20.3 Å². The van der Waals surface area contributed by atoms with Crippen molar-refractivity contribution in [3.05, 3.63) is 65.7 Å². The standard InChI is InChI=1S/C18H21NO2/c1-18(2,13-14-7-5-4-6-8-14)17(19-20)15-9-11-16(21-3)12-10-15/h4-12,20H,13H2,1-3H3/b19-17+. The van der Waals surface area contributed by atoms with Crippen LogP contribution < -0.4 is 4.74 Å². The van der Waals surface area contributed by atoms with E-state index in [-0.39, 0.29) is 5.41 Å². The van der Waals surface area contributed by atoms with E-state index < -0.39 is 0 Å². The van der Waals surface area contributed by atoms with Crippen molar-refractivity contribution in [3.8, 4) is 5.75 Å². The molecule has 0 aliphatic carbocycles. The maximum Gasteiger partial charge on any atom is 0.118 e. The zero-order valence-corrected chi connectivity index (χ0v) is 12.7. The largest absolute Gasteiger partial charge is 0.497 e. The molecule has 0 saturated carbocycles. The third-order valence-electron chi connectivity index (χ3n) is 3.59. The van der Waals surface area contributed by atoms with Crippen molar-refractivity contribution < 1.29 is 9.94 Å². The molecule has 21 heavy (non-hydrogen) atoms. The maximum absolute atomic E-state index is 9.48. The quantitative estimate of drug-likeness (QED) is 0.509. The van der Waals surface area contributed by atoms with Gasteiger partial charge in [0.2, 0.25) is 0 Å². The van der Waals surface area contributed by atoms with E-state index in [1.54, 1.807) is 7.11 Å². The van der Waals surface area contributed by atoms with Crippen LogP contribution in [0.15, 0.2) is 59.8 Å². The fourth-order valence-electron chi connectivity index (χ4n) is 2.52. The third-order valence-corrected chi connectivity index (χ3v) is 3.59. The number of hydrogen-bond acceptors (Lipinski definition) is 3. The number of nitrogens with zero attached hydrogens (tertiary/aromatic N) is 1. The molecule has 0 aromatic heterocycles. The second kappa shape index (κ2) is 6.44. The summed E-state index contributed by atoms with van der Waals surface area (Å²) in [5, 5.41) is 13.0. The second-order valence-electron chi connectivity index (χ2n) is 5.72. The number of rotatable bonds is 5. The maximum atomic E-state index is 9.48. The van der Waals surface area contributed by atoms with Crippen LogP contribution in [-0.4, -0.2) is 18.0 Å². The Morgan fingerprint density at radius 1 is 1.05 bits per heavy atom. The summed E-state index contributed by atoms with van der Waals surface area (Å²) >= 11 is 0. The predicted molar refractivity (Wildman–Crippen MR) is 85.2 cm³/mol. The SMILES string of the molecule is COc1ccc(/C(=N\O)C(C)(C)Cc2ccccc2)cc1. The van der Waals surface area contributed by atoms with Crippen LogP contribution in [0.3, 0.4) is 0 Å². The van der Waals surface area contributed by atoms with E-state index in [0.717, 1.165) is 17.7 Å². The van der Waals surface area contributed by atoms with E-state index in [2.05, 4.69) is 31.1 Å². The van der Waals surface area contributed by atoms with Gasteiger partial charge in [-0.2, -0.15) is 0 Å². The van der Waals surface area contributed by atoms with Crippen molar-refractivity contribution in [1.82, 2.24) is 0 Å². The van der Waals surface area contributed by atoms with Crippen LogP contribution in [0.1, 0.15) is 25.0 Å². The zero-order chi connectivity index (χ0) is 15.3. The van der Waals surface area contributed by atoms with Crippen LogP contribution in [0.4, 0.5) is 0 Å². The minimum atomic E-state index is -0.273. The summed E-state index contributed by atoms with van der Waals surface area (Å²) < 4.78 is 5.16. The number of methoxy groups -OCH3 is 1. The molecule has 0 saturated heterocycles. The van der Waals surface area contributed by atoms with Gasteiger partial charge in [-0.25, -0.2) is 0 Å². The van der Waals surface area contributed by atoms with E-state index >= 15 is 0 Å². The third kappa shape index (κ3) is 3.63. The number of benzene rings is 2. The van der Waals surface area contributed by atoms with Gasteiger partial charge in [-0.15, -0.1) is 0 Å². The first-order valence-corrected chi connectivity index (χ1v) is 6.98. The molecule has 3 nitrogen and oxygen atoms in total. The normalized spacial score (nSPS) is 12.2. The van der Waals surface area contributed by atoms with E-state index in [9.17, 15) is 5.21 Å². The average molecular weight is 283 g/mol. The van der Waals surface area contributed by atoms with E-state index in [1.807, 2.05) is 42.5 Å². The van der Waals surface area contributed by atoms with E-state index in [1.165, 1.54) is 5.56 Å². The first-order valence-electron chi connectivity index (χ1n) is 6.98. The molecule has 3 heteroatoms. The average Bonchev–Trinajstić information content (AvgIpc) is 2.49. The Kier molecular flexibility index (Phi) is 4.63. The Hall–Kier alpha value is -2.29. The number of oxime groups is 1. The lowest BCUT2D eigenvalue weighted by molar-refractivity contribution is 0.309. The Labute approximate surface area is 125 Å². The monoisotopic (exact) mass is 283 g/mol. The van der Waals surface area contributed by atoms with Gasteiger partial charge in [0.05, 0.1) is 12.8 Å². The molecule has 2 rings (SSSR count). The van der Waals surface area contributed by atoms with Crippen LogP contribution >= 0.6 is 0 Å². The van der Waals surface area contributed by atoms with Gasteiger partial charge in [0.1, 0.15) is 5.75 Å². The minimum absolute atomic E-state index is 0.273. The molecule has 0 unspecified atom stereocenters. The molecule has 0 radical (unpaired) electrons. The van der Waals surface area contributed by atoms with Gasteiger partial charge < -0.3 is 9.94 Å². The highest BCUT2D eigenvalue weighted by molar-refractivity contribution is 6.04. The Morgan fingerprint density at radius 3 is 2.19 bits per heavy atom. The minimum Gasteiger partial charge on any atom is -0.497 e. The summed E-state index contributed by atoms with van der Waals surface area (Å²) in [6.07, 6.45) is 0.805. The van der Waals surface area contributed by atoms with Crippen LogP contribution in [0.5, 0.6) is 5.75 Å². The molecule has 110 valence electrons. The molecule has 0 aliphatic rings. The van der Waals surface area contributed by atoms with Gasteiger partial charge >= 0.3 is 0 Å². The fourth-order valence-corrected chi connectivity index (χ4v) is 2.52. The first-order chi connectivity index (χ1) is 10.1. The van der Waals surface area contributed by atoms with Gasteiger partial charge in [-0.3, -0.25) is 0 Å². The van der Waals surface area contributed by atoms with Gasteiger partial charge in [-0.1, -0.05) is 49.3 Å². The molecule has 0 fully saturated rings. The van der Waals surface area contributed by atoms with E-state index in [0.29, 0.717) is 5.71 Å². The number of hydrogen-bond donors (Lipinski definition) is 1. The molecule has 0 aliphatic heterocycles.